The first kappa shape index (κ1) is 24.8. The van der Waals surface area contributed by atoms with Gasteiger partial charge in [-0.1, -0.05) is 35.0 Å². The predicted octanol–water partition coefficient (Wildman–Crippen LogP) is 3.32. The van der Waals surface area contributed by atoms with Crippen LogP contribution in [0.15, 0.2) is 47.6 Å². The minimum absolute atomic E-state index is 0.0537. The summed E-state index contributed by atoms with van der Waals surface area (Å²) in [6, 6.07) is 10.5. The van der Waals surface area contributed by atoms with E-state index >= 15 is 0 Å². The van der Waals surface area contributed by atoms with Crippen molar-refractivity contribution in [3.63, 3.8) is 0 Å². The SMILES string of the molecule is COc1ccc(C(=O)N[C@@H](CO)c2nnc(SCC(=O)Nc3cc(Cl)cc(Cl)c3)n2C)cc1. The molecule has 9 nitrogen and oxygen atoms in total. The van der Waals surface area contributed by atoms with Gasteiger partial charge < -0.3 is 25.0 Å². The zero-order valence-electron chi connectivity index (χ0n) is 17.7. The average Bonchev–Trinajstić information content (AvgIpc) is 3.15. The lowest BCUT2D eigenvalue weighted by Gasteiger charge is -2.16. The van der Waals surface area contributed by atoms with Gasteiger partial charge in [0.2, 0.25) is 5.91 Å². The van der Waals surface area contributed by atoms with Crippen molar-refractivity contribution in [1.29, 1.82) is 0 Å². The Labute approximate surface area is 204 Å². The molecule has 0 aliphatic rings. The van der Waals surface area contributed by atoms with Gasteiger partial charge >= 0.3 is 0 Å². The minimum Gasteiger partial charge on any atom is -0.497 e. The maximum Gasteiger partial charge on any atom is 0.251 e. The van der Waals surface area contributed by atoms with Crippen LogP contribution in [0.1, 0.15) is 22.2 Å². The molecule has 3 N–H and O–H groups in total. The molecular weight excluding hydrogens is 489 g/mol. The van der Waals surface area contributed by atoms with E-state index in [1.807, 2.05) is 0 Å². The number of nitrogens with one attached hydrogen (secondary N) is 2. The normalized spacial score (nSPS) is 11.7. The van der Waals surface area contributed by atoms with E-state index in [4.69, 9.17) is 27.9 Å². The molecule has 1 heterocycles. The summed E-state index contributed by atoms with van der Waals surface area (Å²) in [5.41, 5.74) is 0.891. The fourth-order valence-electron chi connectivity index (χ4n) is 2.88. The Hall–Kier alpha value is -2.79. The number of hydrogen-bond donors (Lipinski definition) is 3. The third-order valence-corrected chi connectivity index (χ3v) is 5.96. The number of carbonyl (C=O) groups is 2. The lowest BCUT2D eigenvalue weighted by atomic mass is 10.2. The van der Waals surface area contributed by atoms with Crippen LogP contribution in [0, 0.1) is 0 Å². The van der Waals surface area contributed by atoms with Crippen molar-refractivity contribution in [2.75, 3.05) is 24.8 Å². The van der Waals surface area contributed by atoms with Crippen molar-refractivity contribution in [2.45, 2.75) is 11.2 Å². The van der Waals surface area contributed by atoms with E-state index < -0.39 is 6.04 Å². The van der Waals surface area contributed by atoms with E-state index in [1.54, 1.807) is 54.1 Å². The van der Waals surface area contributed by atoms with Gasteiger partial charge in [-0.2, -0.15) is 0 Å². The zero-order chi connectivity index (χ0) is 24.0. The van der Waals surface area contributed by atoms with Crippen molar-refractivity contribution in [2.24, 2.45) is 7.05 Å². The molecule has 0 bridgehead atoms. The van der Waals surface area contributed by atoms with Crippen LogP contribution < -0.4 is 15.4 Å². The molecule has 0 fully saturated rings. The fourth-order valence-corrected chi connectivity index (χ4v) is 4.13. The number of carbonyl (C=O) groups excluding carboxylic acids is 2. The van der Waals surface area contributed by atoms with Gasteiger partial charge in [-0.15, -0.1) is 10.2 Å². The Morgan fingerprint density at radius 2 is 1.82 bits per heavy atom. The molecule has 0 radical (unpaired) electrons. The van der Waals surface area contributed by atoms with Gasteiger partial charge in [0.05, 0.1) is 19.5 Å². The molecule has 3 aromatic rings. The number of amides is 2. The first-order valence-corrected chi connectivity index (χ1v) is 11.4. The van der Waals surface area contributed by atoms with Crippen LogP contribution in [-0.4, -0.2) is 51.2 Å². The number of aromatic nitrogens is 3. The van der Waals surface area contributed by atoms with E-state index in [9.17, 15) is 14.7 Å². The molecule has 33 heavy (non-hydrogen) atoms. The average molecular weight is 510 g/mol. The summed E-state index contributed by atoms with van der Waals surface area (Å²) in [4.78, 5) is 24.8. The maximum absolute atomic E-state index is 12.5. The lowest BCUT2D eigenvalue weighted by Crippen LogP contribution is -2.32. The van der Waals surface area contributed by atoms with Gasteiger partial charge in [0, 0.05) is 28.3 Å². The number of ether oxygens (including phenoxy) is 1. The summed E-state index contributed by atoms with van der Waals surface area (Å²) in [5, 5.41) is 24.7. The maximum atomic E-state index is 12.5. The number of benzene rings is 2. The summed E-state index contributed by atoms with van der Waals surface area (Å²) in [6.07, 6.45) is 0. The second-order valence-corrected chi connectivity index (χ2v) is 8.65. The molecule has 1 atom stereocenters. The van der Waals surface area contributed by atoms with Crippen molar-refractivity contribution in [3.05, 3.63) is 63.9 Å². The van der Waals surface area contributed by atoms with E-state index in [0.29, 0.717) is 38.0 Å². The Bertz CT molecular complexity index is 1120. The third kappa shape index (κ3) is 6.61. The molecular formula is C21H21Cl2N5O4S. The molecule has 0 aliphatic carbocycles. The molecule has 0 aliphatic heterocycles. The largest absolute Gasteiger partial charge is 0.497 e. The van der Waals surface area contributed by atoms with Gasteiger partial charge in [-0.25, -0.2) is 0 Å². The number of nitrogens with zero attached hydrogens (tertiary/aromatic N) is 3. The highest BCUT2D eigenvalue weighted by Crippen LogP contribution is 2.24. The van der Waals surface area contributed by atoms with Crippen LogP contribution in [0.2, 0.25) is 10.0 Å². The second kappa shape index (κ2) is 11.4. The first-order chi connectivity index (χ1) is 15.8. The summed E-state index contributed by atoms with van der Waals surface area (Å²) >= 11 is 13.0. The number of anilines is 1. The summed E-state index contributed by atoms with van der Waals surface area (Å²) in [7, 11) is 3.23. The van der Waals surface area contributed by atoms with Gasteiger partial charge in [0.25, 0.3) is 5.91 Å². The molecule has 2 aromatic carbocycles. The molecule has 0 spiro atoms. The number of hydrogen-bond acceptors (Lipinski definition) is 7. The Balaban J connectivity index is 1.61. The molecule has 2 amide bonds. The number of halogens is 2. The lowest BCUT2D eigenvalue weighted by molar-refractivity contribution is -0.113. The summed E-state index contributed by atoms with van der Waals surface area (Å²) < 4.78 is 6.70. The highest BCUT2D eigenvalue weighted by atomic mass is 35.5. The Morgan fingerprint density at radius 1 is 1.15 bits per heavy atom. The highest BCUT2D eigenvalue weighted by Gasteiger charge is 2.22. The number of aliphatic hydroxyl groups is 1. The molecule has 0 saturated heterocycles. The Morgan fingerprint density at radius 3 is 2.42 bits per heavy atom. The van der Waals surface area contributed by atoms with Crippen LogP contribution in [0.25, 0.3) is 0 Å². The van der Waals surface area contributed by atoms with Crippen LogP contribution >= 0.6 is 35.0 Å². The van der Waals surface area contributed by atoms with Gasteiger partial charge in [-0.3, -0.25) is 9.59 Å². The summed E-state index contributed by atoms with van der Waals surface area (Å²) in [5.74, 6) is 0.368. The molecule has 174 valence electrons. The van der Waals surface area contributed by atoms with Crippen LogP contribution in [0.3, 0.4) is 0 Å². The van der Waals surface area contributed by atoms with Crippen LogP contribution in [0.4, 0.5) is 5.69 Å². The van der Waals surface area contributed by atoms with Gasteiger partial charge in [0.15, 0.2) is 11.0 Å². The monoisotopic (exact) mass is 509 g/mol. The second-order valence-electron chi connectivity index (χ2n) is 6.83. The van der Waals surface area contributed by atoms with Crippen molar-refractivity contribution in [1.82, 2.24) is 20.1 Å². The van der Waals surface area contributed by atoms with Crippen molar-refractivity contribution < 1.29 is 19.4 Å². The summed E-state index contributed by atoms with van der Waals surface area (Å²) in [6.45, 7) is -0.380. The predicted molar refractivity (Wildman–Crippen MR) is 127 cm³/mol. The molecule has 1 aromatic heterocycles. The zero-order valence-corrected chi connectivity index (χ0v) is 20.0. The Kier molecular flexibility index (Phi) is 8.56. The molecule has 12 heteroatoms. The topological polar surface area (TPSA) is 118 Å². The van der Waals surface area contributed by atoms with Gasteiger partial charge in [-0.05, 0) is 42.5 Å². The molecule has 0 unspecified atom stereocenters. The van der Waals surface area contributed by atoms with E-state index in [2.05, 4.69) is 20.8 Å². The number of thioether (sulfide) groups is 1. The minimum atomic E-state index is -0.783. The van der Waals surface area contributed by atoms with Crippen LogP contribution in [-0.2, 0) is 11.8 Å². The number of methoxy groups -OCH3 is 1. The van der Waals surface area contributed by atoms with E-state index in [0.717, 1.165) is 11.8 Å². The standard InChI is InChI=1S/C21H21Cl2N5O4S/c1-28-19(17(10-29)25-20(31)12-3-5-16(32-2)6-4-12)26-27-21(28)33-11-18(30)24-15-8-13(22)7-14(23)9-15/h3-9,17,29H,10-11H2,1-2H3,(H,24,30)(H,25,31)/t17-/m0/s1. The van der Waals surface area contributed by atoms with Gasteiger partial charge in [0.1, 0.15) is 11.8 Å². The smallest absolute Gasteiger partial charge is 0.251 e. The van der Waals surface area contributed by atoms with Crippen molar-refractivity contribution in [3.8, 4) is 5.75 Å². The quantitative estimate of drug-likeness (QED) is 0.378. The van der Waals surface area contributed by atoms with Crippen LogP contribution in [0.5, 0.6) is 5.75 Å². The van der Waals surface area contributed by atoms with E-state index in [-0.39, 0.29) is 24.2 Å². The molecule has 0 saturated carbocycles. The third-order valence-electron chi connectivity index (χ3n) is 4.50. The molecule has 3 rings (SSSR count). The fraction of sp³-hybridized carbons (Fsp3) is 0.238. The number of rotatable bonds is 9. The number of aliphatic hydroxyl groups excluding tert-OH is 1. The highest BCUT2D eigenvalue weighted by molar-refractivity contribution is 7.99. The van der Waals surface area contributed by atoms with Crippen molar-refractivity contribution >= 4 is 52.5 Å². The van der Waals surface area contributed by atoms with E-state index in [1.165, 1.54) is 7.11 Å². The first-order valence-electron chi connectivity index (χ1n) is 9.64.